The van der Waals surface area contributed by atoms with Crippen LogP contribution in [-0.2, 0) is 4.79 Å². The van der Waals surface area contributed by atoms with Gasteiger partial charge < -0.3 is 5.32 Å². The molecule has 0 bridgehead atoms. The molecule has 0 saturated heterocycles. The van der Waals surface area contributed by atoms with Gasteiger partial charge in [0.15, 0.2) is 0 Å². The number of amides is 1. The largest absolute Gasteiger partial charge is 0.326 e. The molecule has 0 saturated carbocycles. The first-order valence-electron chi connectivity index (χ1n) is 4.94. The Morgan fingerprint density at radius 1 is 1.20 bits per heavy atom. The summed E-state index contributed by atoms with van der Waals surface area (Å²) in [4.78, 5) is 10.9. The number of carbonyl (C=O) groups is 1. The van der Waals surface area contributed by atoms with Crippen LogP contribution in [0.5, 0.6) is 0 Å². The van der Waals surface area contributed by atoms with Gasteiger partial charge >= 0.3 is 0 Å². The van der Waals surface area contributed by atoms with E-state index in [1.54, 1.807) is 0 Å². The highest BCUT2D eigenvalue weighted by Crippen LogP contribution is 2.21. The zero-order chi connectivity index (χ0) is 10.8. The fourth-order valence-electron chi connectivity index (χ4n) is 1.73. The molecule has 2 heteroatoms. The molecule has 15 heavy (non-hydrogen) atoms. The number of anilines is 1. The molecule has 0 radical (unpaired) electrons. The lowest BCUT2D eigenvalue weighted by molar-refractivity contribution is -0.114. The van der Waals surface area contributed by atoms with Gasteiger partial charge in [0, 0.05) is 12.6 Å². The molecule has 2 aromatic rings. The second-order valence-corrected chi connectivity index (χ2v) is 3.69. The van der Waals surface area contributed by atoms with Crippen LogP contribution in [0.25, 0.3) is 10.8 Å². The second kappa shape index (κ2) is 3.73. The molecule has 2 aromatic carbocycles. The third-order valence-corrected chi connectivity index (χ3v) is 2.42. The highest BCUT2D eigenvalue weighted by atomic mass is 16.1. The molecule has 0 aliphatic carbocycles. The number of hydrogen-bond donors (Lipinski definition) is 1. The molecular formula is C13H13NO. The van der Waals surface area contributed by atoms with E-state index in [2.05, 4.69) is 18.3 Å². The number of hydrogen-bond acceptors (Lipinski definition) is 1. The molecule has 1 amide bonds. The SMILES string of the molecule is CC(=O)Nc1ccc2c(C)cccc2c1. The first-order valence-corrected chi connectivity index (χ1v) is 4.94. The van der Waals surface area contributed by atoms with Crippen molar-refractivity contribution >= 4 is 22.4 Å². The van der Waals surface area contributed by atoms with Crippen LogP contribution in [0.15, 0.2) is 36.4 Å². The van der Waals surface area contributed by atoms with Gasteiger partial charge in [0.05, 0.1) is 0 Å². The molecular weight excluding hydrogens is 186 g/mol. The smallest absolute Gasteiger partial charge is 0.221 e. The topological polar surface area (TPSA) is 29.1 Å². The van der Waals surface area contributed by atoms with Crippen molar-refractivity contribution in [2.24, 2.45) is 0 Å². The molecule has 0 atom stereocenters. The van der Waals surface area contributed by atoms with Crippen LogP contribution in [0.3, 0.4) is 0 Å². The third-order valence-electron chi connectivity index (χ3n) is 2.42. The van der Waals surface area contributed by atoms with Gasteiger partial charge in [0.1, 0.15) is 0 Å². The molecule has 76 valence electrons. The van der Waals surface area contributed by atoms with Gasteiger partial charge in [0.25, 0.3) is 0 Å². The van der Waals surface area contributed by atoms with E-state index >= 15 is 0 Å². The molecule has 0 heterocycles. The third kappa shape index (κ3) is 1.99. The monoisotopic (exact) mass is 199 g/mol. The minimum atomic E-state index is -0.0398. The van der Waals surface area contributed by atoms with E-state index in [4.69, 9.17) is 0 Å². The lowest BCUT2D eigenvalue weighted by Crippen LogP contribution is -2.05. The second-order valence-electron chi connectivity index (χ2n) is 3.69. The molecule has 0 unspecified atom stereocenters. The maximum absolute atomic E-state index is 10.9. The van der Waals surface area contributed by atoms with Crippen molar-refractivity contribution in [1.29, 1.82) is 0 Å². The summed E-state index contributed by atoms with van der Waals surface area (Å²) in [6.45, 7) is 3.60. The summed E-state index contributed by atoms with van der Waals surface area (Å²) in [5.74, 6) is -0.0398. The highest BCUT2D eigenvalue weighted by molar-refractivity contribution is 5.94. The number of aryl methyl sites for hydroxylation is 1. The van der Waals surface area contributed by atoms with Crippen LogP contribution in [-0.4, -0.2) is 5.91 Å². The van der Waals surface area contributed by atoms with Crippen LogP contribution in [0.4, 0.5) is 5.69 Å². The van der Waals surface area contributed by atoms with E-state index < -0.39 is 0 Å². The Balaban J connectivity index is 2.52. The van der Waals surface area contributed by atoms with Gasteiger partial charge in [-0.05, 0) is 35.4 Å². The highest BCUT2D eigenvalue weighted by Gasteiger charge is 1.99. The van der Waals surface area contributed by atoms with Crippen molar-refractivity contribution in [2.75, 3.05) is 5.32 Å². The molecule has 0 aliphatic heterocycles. The van der Waals surface area contributed by atoms with Crippen LogP contribution in [0, 0.1) is 6.92 Å². The summed E-state index contributed by atoms with van der Waals surface area (Å²) < 4.78 is 0. The van der Waals surface area contributed by atoms with Crippen molar-refractivity contribution in [3.63, 3.8) is 0 Å². The van der Waals surface area contributed by atoms with Gasteiger partial charge in [-0.3, -0.25) is 4.79 Å². The predicted molar refractivity (Wildman–Crippen MR) is 63.0 cm³/mol. The fraction of sp³-hybridized carbons (Fsp3) is 0.154. The minimum Gasteiger partial charge on any atom is -0.326 e. The maximum Gasteiger partial charge on any atom is 0.221 e. The molecule has 0 fully saturated rings. The zero-order valence-corrected chi connectivity index (χ0v) is 8.87. The zero-order valence-electron chi connectivity index (χ0n) is 8.87. The molecule has 1 N–H and O–H groups in total. The van der Waals surface area contributed by atoms with Crippen molar-refractivity contribution in [3.05, 3.63) is 42.0 Å². The van der Waals surface area contributed by atoms with Gasteiger partial charge in [-0.25, -0.2) is 0 Å². The average Bonchev–Trinajstić information content (AvgIpc) is 2.17. The molecule has 0 aromatic heterocycles. The molecule has 0 spiro atoms. The standard InChI is InChI=1S/C13H13NO/c1-9-4-3-5-11-8-12(14-10(2)15)6-7-13(9)11/h3-8H,1-2H3,(H,14,15). The summed E-state index contributed by atoms with van der Waals surface area (Å²) in [6, 6.07) is 12.1. The number of rotatable bonds is 1. The first-order chi connectivity index (χ1) is 7.16. The van der Waals surface area contributed by atoms with Crippen LogP contribution < -0.4 is 5.32 Å². The Kier molecular flexibility index (Phi) is 2.42. The van der Waals surface area contributed by atoms with E-state index in [-0.39, 0.29) is 5.91 Å². The van der Waals surface area contributed by atoms with Crippen molar-refractivity contribution < 1.29 is 4.79 Å². The maximum atomic E-state index is 10.9. The van der Waals surface area contributed by atoms with E-state index in [0.717, 1.165) is 11.1 Å². The summed E-state index contributed by atoms with van der Waals surface area (Å²) in [5.41, 5.74) is 2.10. The van der Waals surface area contributed by atoms with Gasteiger partial charge in [-0.2, -0.15) is 0 Å². The van der Waals surface area contributed by atoms with Gasteiger partial charge in [0.2, 0.25) is 5.91 Å². The molecule has 2 nitrogen and oxygen atoms in total. The van der Waals surface area contributed by atoms with Gasteiger partial charge in [-0.1, -0.05) is 24.3 Å². The average molecular weight is 199 g/mol. The number of fused-ring (bicyclic) bond motifs is 1. The summed E-state index contributed by atoms with van der Waals surface area (Å²) in [7, 11) is 0. The molecule has 2 rings (SSSR count). The van der Waals surface area contributed by atoms with Gasteiger partial charge in [-0.15, -0.1) is 0 Å². The van der Waals surface area contributed by atoms with E-state index in [1.807, 2.05) is 30.3 Å². The number of benzene rings is 2. The Hall–Kier alpha value is -1.83. The van der Waals surface area contributed by atoms with Crippen LogP contribution in [0.2, 0.25) is 0 Å². The molecule has 0 aliphatic rings. The minimum absolute atomic E-state index is 0.0398. The number of nitrogens with one attached hydrogen (secondary N) is 1. The van der Waals surface area contributed by atoms with E-state index in [1.165, 1.54) is 17.9 Å². The first kappa shape index (κ1) is 9.71. The number of carbonyl (C=O) groups excluding carboxylic acids is 1. The summed E-state index contributed by atoms with van der Waals surface area (Å²) in [5, 5.41) is 5.16. The summed E-state index contributed by atoms with van der Waals surface area (Å²) in [6.07, 6.45) is 0. The van der Waals surface area contributed by atoms with Crippen LogP contribution in [0.1, 0.15) is 12.5 Å². The summed E-state index contributed by atoms with van der Waals surface area (Å²) >= 11 is 0. The van der Waals surface area contributed by atoms with E-state index in [9.17, 15) is 4.79 Å². The fourth-order valence-corrected chi connectivity index (χ4v) is 1.73. The quantitative estimate of drug-likeness (QED) is 0.751. The Morgan fingerprint density at radius 2 is 2.00 bits per heavy atom. The predicted octanol–water partition coefficient (Wildman–Crippen LogP) is 3.11. The lowest BCUT2D eigenvalue weighted by atomic mass is 10.1. The van der Waals surface area contributed by atoms with Crippen LogP contribution >= 0.6 is 0 Å². The Bertz CT molecular complexity index is 517. The Labute approximate surface area is 88.9 Å². The lowest BCUT2D eigenvalue weighted by Gasteiger charge is -2.05. The van der Waals surface area contributed by atoms with Crippen molar-refractivity contribution in [2.45, 2.75) is 13.8 Å². The van der Waals surface area contributed by atoms with Crippen molar-refractivity contribution in [1.82, 2.24) is 0 Å². The Morgan fingerprint density at radius 3 is 2.73 bits per heavy atom. The normalized spacial score (nSPS) is 10.3. The van der Waals surface area contributed by atoms with Crippen molar-refractivity contribution in [3.8, 4) is 0 Å². The van der Waals surface area contributed by atoms with E-state index in [0.29, 0.717) is 0 Å².